The molecule has 0 spiro atoms. The Balaban J connectivity index is 1.54. The molecule has 0 bridgehead atoms. The molecule has 2 amide bonds. The number of carbonyl (C=O) groups is 3. The van der Waals surface area contributed by atoms with Gasteiger partial charge in [0.25, 0.3) is 0 Å². The van der Waals surface area contributed by atoms with Gasteiger partial charge in [-0.2, -0.15) is 0 Å². The van der Waals surface area contributed by atoms with Crippen molar-refractivity contribution >= 4 is 17.8 Å². The molecule has 4 atom stereocenters. The number of ether oxygens (including phenoxy) is 1. The average Bonchev–Trinajstić information content (AvgIpc) is 3.37. The van der Waals surface area contributed by atoms with Gasteiger partial charge in [0.2, 0.25) is 11.8 Å². The lowest BCUT2D eigenvalue weighted by Crippen LogP contribution is -2.51. The van der Waals surface area contributed by atoms with E-state index in [4.69, 9.17) is 4.74 Å². The lowest BCUT2D eigenvalue weighted by molar-refractivity contribution is -0.176. The van der Waals surface area contributed by atoms with Crippen LogP contribution in [-0.4, -0.2) is 68.8 Å². The molecule has 1 heterocycles. The Bertz CT molecular complexity index is 963. The van der Waals surface area contributed by atoms with Gasteiger partial charge in [-0.05, 0) is 56.2 Å². The second-order valence-electron chi connectivity index (χ2n) is 10.5. The van der Waals surface area contributed by atoms with Crippen molar-refractivity contribution in [3.05, 3.63) is 23.8 Å². The number of aliphatic hydroxyl groups is 1. The number of benzene rings is 1. The van der Waals surface area contributed by atoms with Crippen LogP contribution in [0.1, 0.15) is 65.4 Å². The van der Waals surface area contributed by atoms with Crippen LogP contribution in [0.15, 0.2) is 18.2 Å². The summed E-state index contributed by atoms with van der Waals surface area (Å²) in [6.07, 6.45) is 2.45. The molecule has 2 fully saturated rings. The van der Waals surface area contributed by atoms with Crippen LogP contribution in [0.2, 0.25) is 0 Å². The predicted octanol–water partition coefficient (Wildman–Crippen LogP) is 2.26. The SMILES string of the molecule is CC[C@@H]1CCC(C)(OC(=O)C2CCCN2C(=O)CNC(=O)C(O)Cc2ccc(O)c(O)c2)C1(C)C. The van der Waals surface area contributed by atoms with Crippen molar-refractivity contribution in [2.24, 2.45) is 11.3 Å². The number of likely N-dealkylation sites (tertiary alicyclic amines) is 1. The largest absolute Gasteiger partial charge is 0.504 e. The van der Waals surface area contributed by atoms with Crippen molar-refractivity contribution in [1.82, 2.24) is 10.2 Å². The molecule has 0 aromatic heterocycles. The van der Waals surface area contributed by atoms with E-state index in [1.54, 1.807) is 0 Å². The van der Waals surface area contributed by atoms with E-state index >= 15 is 0 Å². The third kappa shape index (κ3) is 5.55. The fourth-order valence-electron chi connectivity index (χ4n) is 5.46. The van der Waals surface area contributed by atoms with Crippen LogP contribution in [0.4, 0.5) is 0 Å². The number of phenolic OH excluding ortho intramolecular Hbond substituents is 2. The van der Waals surface area contributed by atoms with Crippen molar-refractivity contribution in [1.29, 1.82) is 0 Å². The van der Waals surface area contributed by atoms with Crippen molar-refractivity contribution < 1.29 is 34.4 Å². The summed E-state index contributed by atoms with van der Waals surface area (Å²) in [4.78, 5) is 39.7. The molecule has 1 aromatic carbocycles. The molecule has 9 heteroatoms. The lowest BCUT2D eigenvalue weighted by atomic mass is 9.72. The van der Waals surface area contributed by atoms with E-state index in [1.807, 2.05) is 6.92 Å². The minimum absolute atomic E-state index is 0.0976. The molecule has 194 valence electrons. The number of nitrogens with one attached hydrogen (secondary N) is 1. The summed E-state index contributed by atoms with van der Waals surface area (Å²) in [5, 5.41) is 31.5. The molecule has 2 aliphatic rings. The number of hydrogen-bond acceptors (Lipinski definition) is 7. The van der Waals surface area contributed by atoms with E-state index in [-0.39, 0.29) is 29.9 Å². The number of esters is 1. The van der Waals surface area contributed by atoms with E-state index < -0.39 is 35.5 Å². The van der Waals surface area contributed by atoms with Crippen LogP contribution >= 0.6 is 0 Å². The zero-order valence-electron chi connectivity index (χ0n) is 21.0. The zero-order chi connectivity index (χ0) is 26.0. The Morgan fingerprint density at radius 1 is 1.17 bits per heavy atom. The second kappa shape index (κ2) is 10.4. The molecule has 1 aliphatic heterocycles. The molecule has 0 radical (unpaired) electrons. The summed E-state index contributed by atoms with van der Waals surface area (Å²) < 4.78 is 6.06. The number of nitrogens with zero attached hydrogens (tertiary/aromatic N) is 1. The van der Waals surface area contributed by atoms with E-state index in [9.17, 15) is 29.7 Å². The van der Waals surface area contributed by atoms with Crippen LogP contribution in [0.25, 0.3) is 0 Å². The first-order valence-electron chi connectivity index (χ1n) is 12.4. The minimum Gasteiger partial charge on any atom is -0.504 e. The Hall–Kier alpha value is -2.81. The average molecular weight is 491 g/mol. The predicted molar refractivity (Wildman–Crippen MR) is 129 cm³/mol. The van der Waals surface area contributed by atoms with Crippen molar-refractivity contribution in [3.8, 4) is 11.5 Å². The molecular formula is C26H38N2O7. The molecule has 1 aromatic rings. The van der Waals surface area contributed by atoms with Crippen molar-refractivity contribution in [2.75, 3.05) is 13.1 Å². The Kier molecular flexibility index (Phi) is 7.99. The molecule has 35 heavy (non-hydrogen) atoms. The van der Waals surface area contributed by atoms with Gasteiger partial charge >= 0.3 is 5.97 Å². The summed E-state index contributed by atoms with van der Waals surface area (Å²) in [5.41, 5.74) is -0.308. The second-order valence-corrected chi connectivity index (χ2v) is 10.5. The fraction of sp³-hybridized carbons (Fsp3) is 0.654. The molecule has 4 N–H and O–H groups in total. The summed E-state index contributed by atoms with van der Waals surface area (Å²) >= 11 is 0. The van der Waals surface area contributed by atoms with Gasteiger partial charge in [-0.15, -0.1) is 0 Å². The zero-order valence-corrected chi connectivity index (χ0v) is 21.0. The molecule has 1 saturated carbocycles. The van der Waals surface area contributed by atoms with Gasteiger partial charge in [0.15, 0.2) is 11.5 Å². The molecule has 3 rings (SSSR count). The number of carbonyl (C=O) groups excluding carboxylic acids is 3. The first kappa shape index (κ1) is 26.8. The lowest BCUT2D eigenvalue weighted by Gasteiger charge is -2.41. The molecule has 3 unspecified atom stereocenters. The quantitative estimate of drug-likeness (QED) is 0.324. The van der Waals surface area contributed by atoms with Crippen LogP contribution in [0.5, 0.6) is 11.5 Å². The number of rotatable bonds is 8. The first-order valence-corrected chi connectivity index (χ1v) is 12.4. The Morgan fingerprint density at radius 3 is 2.51 bits per heavy atom. The number of aliphatic hydroxyl groups excluding tert-OH is 1. The van der Waals surface area contributed by atoms with Gasteiger partial charge in [-0.25, -0.2) is 4.79 Å². The van der Waals surface area contributed by atoms with E-state index in [0.717, 1.165) is 19.3 Å². The number of aromatic hydroxyl groups is 2. The maximum Gasteiger partial charge on any atom is 0.329 e. The van der Waals surface area contributed by atoms with Crippen LogP contribution in [-0.2, 0) is 25.5 Å². The highest BCUT2D eigenvalue weighted by atomic mass is 16.6. The van der Waals surface area contributed by atoms with Crippen molar-refractivity contribution in [2.45, 2.75) is 84.0 Å². The van der Waals surface area contributed by atoms with E-state index in [0.29, 0.717) is 30.9 Å². The third-order valence-electron chi connectivity index (χ3n) is 8.20. The van der Waals surface area contributed by atoms with E-state index in [2.05, 4.69) is 26.1 Å². The third-order valence-corrected chi connectivity index (χ3v) is 8.20. The fourth-order valence-corrected chi connectivity index (χ4v) is 5.46. The smallest absolute Gasteiger partial charge is 0.329 e. The molecule has 9 nitrogen and oxygen atoms in total. The van der Waals surface area contributed by atoms with Gasteiger partial charge in [0, 0.05) is 18.4 Å². The minimum atomic E-state index is -1.44. The van der Waals surface area contributed by atoms with Crippen LogP contribution < -0.4 is 5.32 Å². The standard InChI is InChI=1S/C26H38N2O7/c1-5-17-10-11-26(4,25(17,2)3)35-24(34)18-7-6-12-28(18)22(32)15-27-23(33)21(31)14-16-8-9-19(29)20(30)13-16/h8-9,13,17-18,21,29-31H,5-7,10-12,14-15H2,1-4H3,(H,27,33)/t17-,18?,21?,26?/m1/s1. The number of hydrogen-bond donors (Lipinski definition) is 4. The maximum atomic E-state index is 13.1. The van der Waals surface area contributed by atoms with Gasteiger partial charge in [-0.3, -0.25) is 9.59 Å². The maximum absolute atomic E-state index is 13.1. The highest BCUT2D eigenvalue weighted by Crippen LogP contribution is 2.53. The van der Waals surface area contributed by atoms with Gasteiger partial charge in [0.1, 0.15) is 17.7 Å². The summed E-state index contributed by atoms with van der Waals surface area (Å²) in [5.74, 6) is -1.73. The van der Waals surface area contributed by atoms with E-state index in [1.165, 1.54) is 23.1 Å². The number of phenols is 2. The molecular weight excluding hydrogens is 452 g/mol. The summed E-state index contributed by atoms with van der Waals surface area (Å²) in [6.45, 7) is 8.47. The highest BCUT2D eigenvalue weighted by Gasteiger charge is 2.54. The Labute approximate surface area is 206 Å². The highest BCUT2D eigenvalue weighted by molar-refractivity contribution is 5.90. The molecule has 1 aliphatic carbocycles. The normalized spacial score (nSPS) is 26.4. The first-order chi connectivity index (χ1) is 16.4. The Morgan fingerprint density at radius 2 is 1.89 bits per heavy atom. The topological polar surface area (TPSA) is 136 Å². The van der Waals surface area contributed by atoms with Crippen molar-refractivity contribution in [3.63, 3.8) is 0 Å². The van der Waals surface area contributed by atoms with Gasteiger partial charge in [-0.1, -0.05) is 33.3 Å². The van der Waals surface area contributed by atoms with Gasteiger partial charge in [0.05, 0.1) is 6.54 Å². The monoisotopic (exact) mass is 490 g/mol. The van der Waals surface area contributed by atoms with Crippen LogP contribution in [0.3, 0.4) is 0 Å². The van der Waals surface area contributed by atoms with Gasteiger partial charge < -0.3 is 30.3 Å². The summed E-state index contributed by atoms with van der Waals surface area (Å²) in [6, 6.07) is 3.32. The number of amides is 2. The van der Waals surface area contributed by atoms with Crippen LogP contribution in [0, 0.1) is 11.3 Å². The summed E-state index contributed by atoms with van der Waals surface area (Å²) in [7, 11) is 0. The molecule has 1 saturated heterocycles.